The Kier molecular flexibility index (Phi) is 10.4. The third kappa shape index (κ3) is 6.95. The molecule has 6 atom stereocenters. The van der Waals surface area contributed by atoms with Crippen LogP contribution in [-0.4, -0.2) is 70.8 Å². The summed E-state index contributed by atoms with van der Waals surface area (Å²) in [4.78, 5) is 41.3. The van der Waals surface area contributed by atoms with E-state index in [4.69, 9.17) is 16.3 Å². The summed E-state index contributed by atoms with van der Waals surface area (Å²) in [5.41, 5.74) is 2.98. The van der Waals surface area contributed by atoms with Crippen LogP contribution >= 0.6 is 11.6 Å². The van der Waals surface area contributed by atoms with Crippen molar-refractivity contribution in [2.45, 2.75) is 75.5 Å². The maximum Gasteiger partial charge on any atom is 0.264 e. The fourth-order valence-corrected chi connectivity index (χ4v) is 11.4. The molecule has 274 valence electrons. The molecule has 0 aliphatic carbocycles. The number of ether oxygens (including phenoxy) is 1. The highest BCUT2D eigenvalue weighted by Crippen LogP contribution is 2.60. The van der Waals surface area contributed by atoms with Crippen molar-refractivity contribution >= 4 is 43.1 Å². The van der Waals surface area contributed by atoms with Crippen LogP contribution < -0.4 is 15.5 Å². The van der Waals surface area contributed by atoms with Gasteiger partial charge in [-0.2, -0.15) is 0 Å². The minimum atomic E-state index is -2.89. The largest absolute Gasteiger partial charge is 0.432 e. The van der Waals surface area contributed by atoms with Crippen LogP contribution in [0.3, 0.4) is 0 Å². The van der Waals surface area contributed by atoms with Gasteiger partial charge in [-0.25, -0.2) is 0 Å². The van der Waals surface area contributed by atoms with Gasteiger partial charge in [0, 0.05) is 47.0 Å². The zero-order chi connectivity index (χ0) is 36.6. The van der Waals surface area contributed by atoms with Crippen LogP contribution in [0.5, 0.6) is 0 Å². The highest BCUT2D eigenvalue weighted by Gasteiger charge is 2.66. The van der Waals surface area contributed by atoms with Crippen LogP contribution in [0.2, 0.25) is 23.7 Å². The van der Waals surface area contributed by atoms with E-state index >= 15 is 0 Å². The monoisotopic (exact) mass is 742 g/mol. The van der Waals surface area contributed by atoms with E-state index in [1.807, 2.05) is 92.9 Å². The maximum absolute atomic E-state index is 14.9. The Morgan fingerprint density at radius 2 is 1.96 bits per heavy atom. The highest BCUT2D eigenvalue weighted by atomic mass is 35.5. The van der Waals surface area contributed by atoms with Crippen LogP contribution in [0, 0.1) is 11.8 Å². The number of aryl methyl sites for hydroxylation is 1. The normalized spacial score (nSPS) is 25.0. The number of aliphatic hydroxyl groups excluding tert-OH is 1. The minimum absolute atomic E-state index is 0.00638. The van der Waals surface area contributed by atoms with E-state index in [1.54, 1.807) is 15.6 Å². The third-order valence-electron chi connectivity index (χ3n) is 11.1. The van der Waals surface area contributed by atoms with Gasteiger partial charge in [0.15, 0.2) is 13.9 Å². The molecular formula is C39H47ClN6O5Si. The lowest BCUT2D eigenvalue weighted by atomic mass is 9.82. The van der Waals surface area contributed by atoms with Crippen LogP contribution in [0.25, 0.3) is 0 Å². The van der Waals surface area contributed by atoms with E-state index in [0.29, 0.717) is 41.5 Å². The molecule has 0 saturated carbocycles. The zero-order valence-corrected chi connectivity index (χ0v) is 31.6. The molecule has 0 bridgehead atoms. The van der Waals surface area contributed by atoms with Crippen LogP contribution in [-0.2, 0) is 33.0 Å². The number of nitrogens with one attached hydrogen (secondary N) is 2. The lowest BCUT2D eigenvalue weighted by Gasteiger charge is -2.32. The molecule has 2 amide bonds. The standard InChI is InChI=1S/C39H47ClN6O5Si/c1-25-36(52(2,3)50)35(16-18-45-23-33(43-44-45)31(24-47)27-10-5-4-6-11-27)51-39(25)32-20-29(40)14-15-34(32)46(38(39)49)22-26-9-7-13-30(19-26)42-37(48)28-12-8-17-41-21-28/h4-7,9-11,13-15,19-20,23,25,28,31,35-36,41,47,50H,8,12,16-18,21-22,24H2,1-3H3,(H,42,48)/t25-,28?,31?,35+,36-,39+/m0/s1. The Hall–Kier alpha value is -3.91. The molecule has 0 radical (unpaired) electrons. The molecule has 4 aromatic rings. The minimum Gasteiger partial charge on any atom is -0.432 e. The second-order valence-corrected chi connectivity index (χ2v) is 19.4. The number of hydrogen-bond acceptors (Lipinski definition) is 8. The second kappa shape index (κ2) is 14.8. The summed E-state index contributed by atoms with van der Waals surface area (Å²) in [6.07, 6.45) is 3.72. The Balaban J connectivity index is 1.14. The van der Waals surface area contributed by atoms with Crippen molar-refractivity contribution in [3.05, 3.63) is 106 Å². The van der Waals surface area contributed by atoms with Crippen molar-refractivity contribution in [2.24, 2.45) is 11.8 Å². The summed E-state index contributed by atoms with van der Waals surface area (Å²) in [7, 11) is -2.89. The molecule has 3 aliphatic rings. The number of halogens is 1. The lowest BCUT2D eigenvalue weighted by molar-refractivity contribution is -0.146. The lowest BCUT2D eigenvalue weighted by Crippen LogP contribution is -2.46. The average molecular weight is 743 g/mol. The van der Waals surface area contributed by atoms with Crippen molar-refractivity contribution in [1.29, 1.82) is 0 Å². The first-order valence-corrected chi connectivity index (χ1v) is 21.6. The molecule has 3 aliphatic heterocycles. The van der Waals surface area contributed by atoms with Gasteiger partial charge < -0.3 is 30.2 Å². The Morgan fingerprint density at radius 3 is 2.69 bits per heavy atom. The molecule has 4 N–H and O–H groups in total. The maximum atomic E-state index is 14.9. The number of rotatable bonds is 11. The Morgan fingerprint density at radius 1 is 1.15 bits per heavy atom. The fourth-order valence-electron chi connectivity index (χ4n) is 8.62. The molecular weight excluding hydrogens is 696 g/mol. The van der Waals surface area contributed by atoms with Gasteiger partial charge in [0.05, 0.1) is 42.5 Å². The number of fused-ring (bicyclic) bond motifs is 2. The number of hydrogen-bond donors (Lipinski definition) is 4. The van der Waals surface area contributed by atoms with Crippen LogP contribution in [0.15, 0.2) is 79.0 Å². The first-order valence-electron chi connectivity index (χ1n) is 18.2. The van der Waals surface area contributed by atoms with Gasteiger partial charge in [0.2, 0.25) is 5.91 Å². The molecule has 2 unspecified atom stereocenters. The van der Waals surface area contributed by atoms with E-state index in [1.165, 1.54) is 0 Å². The smallest absolute Gasteiger partial charge is 0.264 e. The van der Waals surface area contributed by atoms with Gasteiger partial charge in [-0.1, -0.05) is 66.2 Å². The summed E-state index contributed by atoms with van der Waals surface area (Å²) in [6, 6.07) is 22.8. The van der Waals surface area contributed by atoms with Gasteiger partial charge in [0.25, 0.3) is 5.91 Å². The van der Waals surface area contributed by atoms with E-state index in [9.17, 15) is 19.5 Å². The number of piperidine rings is 1. The van der Waals surface area contributed by atoms with Crippen molar-refractivity contribution < 1.29 is 24.2 Å². The number of carbonyl (C=O) groups is 2. The molecule has 4 heterocycles. The van der Waals surface area contributed by atoms with E-state index in [-0.39, 0.29) is 48.3 Å². The molecule has 3 aromatic carbocycles. The molecule has 1 spiro atoms. The number of anilines is 2. The van der Waals surface area contributed by atoms with Crippen molar-refractivity contribution in [1.82, 2.24) is 20.3 Å². The Bertz CT molecular complexity index is 1910. The first kappa shape index (κ1) is 36.4. The second-order valence-electron chi connectivity index (χ2n) is 15.0. The van der Waals surface area contributed by atoms with E-state index in [2.05, 4.69) is 20.9 Å². The molecule has 11 nitrogen and oxygen atoms in total. The predicted octanol–water partition coefficient (Wildman–Crippen LogP) is 5.43. The SMILES string of the molecule is C[C@H]1[C@H]([Si](C)(C)O)[C@@H](CCn2cc(C(CO)c3ccccc3)nn2)O[C@]12C(=O)N(Cc1cccc(NC(=O)C3CCCNC3)c1)c1ccc(Cl)cc12. The van der Waals surface area contributed by atoms with E-state index in [0.717, 1.165) is 36.2 Å². The summed E-state index contributed by atoms with van der Waals surface area (Å²) in [5, 5.41) is 25.8. The molecule has 52 heavy (non-hydrogen) atoms. The summed E-state index contributed by atoms with van der Waals surface area (Å²) in [5.74, 6) is -0.923. The summed E-state index contributed by atoms with van der Waals surface area (Å²) < 4.78 is 8.74. The van der Waals surface area contributed by atoms with Gasteiger partial charge in [0.1, 0.15) is 0 Å². The van der Waals surface area contributed by atoms with Gasteiger partial charge in [-0.05, 0) is 80.4 Å². The highest BCUT2D eigenvalue weighted by molar-refractivity contribution is 6.71. The number of carbonyl (C=O) groups excluding carboxylic acids is 2. The van der Waals surface area contributed by atoms with Gasteiger partial charge in [-0.15, -0.1) is 5.10 Å². The van der Waals surface area contributed by atoms with Gasteiger partial charge >= 0.3 is 0 Å². The number of nitrogens with zero attached hydrogens (tertiary/aromatic N) is 4. The van der Waals surface area contributed by atoms with Crippen molar-refractivity contribution in [3.8, 4) is 0 Å². The summed E-state index contributed by atoms with van der Waals surface area (Å²) >= 11 is 6.60. The topological polar surface area (TPSA) is 142 Å². The van der Waals surface area contributed by atoms with Crippen molar-refractivity contribution in [2.75, 3.05) is 29.9 Å². The quantitative estimate of drug-likeness (QED) is 0.149. The number of aromatic nitrogens is 3. The number of amides is 2. The predicted molar refractivity (Wildman–Crippen MR) is 202 cm³/mol. The van der Waals surface area contributed by atoms with Crippen molar-refractivity contribution in [3.63, 3.8) is 0 Å². The molecule has 2 fully saturated rings. The zero-order valence-electron chi connectivity index (χ0n) is 29.8. The van der Waals surface area contributed by atoms with Crippen LogP contribution in [0.1, 0.15) is 54.5 Å². The van der Waals surface area contributed by atoms with Crippen LogP contribution in [0.4, 0.5) is 11.4 Å². The number of aliphatic hydroxyl groups is 1. The molecule has 7 rings (SSSR count). The fraction of sp³-hybridized carbons (Fsp3) is 0.436. The van der Waals surface area contributed by atoms with E-state index < -0.39 is 20.0 Å². The average Bonchev–Trinajstić information content (AvgIpc) is 3.79. The first-order chi connectivity index (χ1) is 25.0. The summed E-state index contributed by atoms with van der Waals surface area (Å²) in [6.45, 7) is 8.04. The van der Waals surface area contributed by atoms with Gasteiger partial charge in [-0.3, -0.25) is 14.3 Å². The molecule has 2 saturated heterocycles. The third-order valence-corrected chi connectivity index (χ3v) is 13.8. The Labute approximate surface area is 310 Å². The molecule has 1 aromatic heterocycles. The number of benzene rings is 3. The molecule has 13 heteroatoms.